The van der Waals surface area contributed by atoms with Gasteiger partial charge in [0.15, 0.2) is 0 Å². The lowest BCUT2D eigenvalue weighted by molar-refractivity contribution is 0.0736. The first-order chi connectivity index (χ1) is 7.12. The number of nitrogens with zero attached hydrogens (tertiary/aromatic N) is 1. The third-order valence-electron chi connectivity index (χ3n) is 3.37. The highest BCUT2D eigenvalue weighted by Gasteiger charge is 2.24. The fourth-order valence-electron chi connectivity index (χ4n) is 2.31. The molecular formula is C12H28N2O. The maximum atomic E-state index is 5.85. The van der Waals surface area contributed by atoms with Crippen LogP contribution in [-0.2, 0) is 4.74 Å². The van der Waals surface area contributed by atoms with E-state index in [2.05, 4.69) is 32.7 Å². The van der Waals surface area contributed by atoms with Crippen molar-refractivity contribution in [1.82, 2.24) is 4.90 Å². The van der Waals surface area contributed by atoms with E-state index in [9.17, 15) is 0 Å². The van der Waals surface area contributed by atoms with Crippen molar-refractivity contribution < 1.29 is 4.74 Å². The number of methoxy groups -OCH3 is 1. The highest BCUT2D eigenvalue weighted by molar-refractivity contribution is 4.80. The van der Waals surface area contributed by atoms with Gasteiger partial charge in [-0.1, -0.05) is 20.8 Å². The van der Waals surface area contributed by atoms with Gasteiger partial charge < -0.3 is 10.5 Å². The molecule has 92 valence electrons. The van der Waals surface area contributed by atoms with Gasteiger partial charge in [0.05, 0.1) is 6.61 Å². The van der Waals surface area contributed by atoms with Crippen molar-refractivity contribution in [3.05, 3.63) is 0 Å². The molecule has 0 amide bonds. The molecule has 0 aromatic carbocycles. The number of likely N-dealkylation sites (N-methyl/N-ethyl adjacent to an activating group) is 1. The number of rotatable bonds is 8. The second-order valence-electron chi connectivity index (χ2n) is 4.37. The van der Waals surface area contributed by atoms with E-state index >= 15 is 0 Å². The maximum absolute atomic E-state index is 5.85. The van der Waals surface area contributed by atoms with Crippen molar-refractivity contribution >= 4 is 0 Å². The highest BCUT2D eigenvalue weighted by atomic mass is 16.5. The Labute approximate surface area is 95.0 Å². The van der Waals surface area contributed by atoms with Crippen molar-refractivity contribution in [3.63, 3.8) is 0 Å². The first kappa shape index (κ1) is 14.9. The topological polar surface area (TPSA) is 38.5 Å². The quantitative estimate of drug-likeness (QED) is 0.671. The van der Waals surface area contributed by atoms with Gasteiger partial charge in [0, 0.05) is 25.7 Å². The van der Waals surface area contributed by atoms with Gasteiger partial charge >= 0.3 is 0 Å². The molecule has 2 unspecified atom stereocenters. The smallest absolute Gasteiger partial charge is 0.0503 e. The molecule has 3 nitrogen and oxygen atoms in total. The van der Waals surface area contributed by atoms with E-state index in [0.29, 0.717) is 24.5 Å². The lowest BCUT2D eigenvalue weighted by Crippen LogP contribution is -2.48. The lowest BCUT2D eigenvalue weighted by Gasteiger charge is -2.37. The second kappa shape index (κ2) is 8.08. The van der Waals surface area contributed by atoms with Gasteiger partial charge in [-0.2, -0.15) is 0 Å². The van der Waals surface area contributed by atoms with Crippen LogP contribution in [0.5, 0.6) is 0 Å². The third-order valence-corrected chi connectivity index (χ3v) is 3.37. The molecule has 0 aliphatic carbocycles. The van der Waals surface area contributed by atoms with E-state index < -0.39 is 0 Å². The van der Waals surface area contributed by atoms with Gasteiger partial charge in [-0.15, -0.1) is 0 Å². The molecule has 0 spiro atoms. The van der Waals surface area contributed by atoms with Crippen molar-refractivity contribution in [2.75, 3.05) is 27.3 Å². The van der Waals surface area contributed by atoms with Crippen LogP contribution in [0, 0.1) is 5.92 Å². The molecule has 0 aromatic heterocycles. The van der Waals surface area contributed by atoms with Gasteiger partial charge in [-0.05, 0) is 25.8 Å². The molecule has 0 radical (unpaired) electrons. The Balaban J connectivity index is 4.36. The van der Waals surface area contributed by atoms with Crippen LogP contribution in [0.3, 0.4) is 0 Å². The summed E-state index contributed by atoms with van der Waals surface area (Å²) < 4.78 is 5.20. The summed E-state index contributed by atoms with van der Waals surface area (Å²) in [5.74, 6) is 0.491. The number of ether oxygens (including phenoxy) is 1. The molecule has 0 fully saturated rings. The van der Waals surface area contributed by atoms with Gasteiger partial charge in [-0.25, -0.2) is 0 Å². The van der Waals surface area contributed by atoms with Gasteiger partial charge in [0.2, 0.25) is 0 Å². The summed E-state index contributed by atoms with van der Waals surface area (Å²) in [7, 11) is 3.93. The fourth-order valence-corrected chi connectivity index (χ4v) is 2.31. The summed E-state index contributed by atoms with van der Waals surface area (Å²) in [4.78, 5) is 2.42. The zero-order valence-corrected chi connectivity index (χ0v) is 11.0. The Morgan fingerprint density at radius 2 is 1.80 bits per heavy atom. The minimum atomic E-state index is 0.426. The van der Waals surface area contributed by atoms with Gasteiger partial charge in [0.25, 0.3) is 0 Å². The lowest BCUT2D eigenvalue weighted by atomic mass is 9.98. The standard InChI is InChI=1S/C12H28N2O/c1-6-11(7-2)14(4)12(8-13)10(3)9-15-5/h10-12H,6-9,13H2,1-5H3. The minimum Gasteiger partial charge on any atom is -0.384 e. The van der Waals surface area contributed by atoms with Crippen LogP contribution < -0.4 is 5.73 Å². The molecule has 0 rings (SSSR count). The zero-order valence-electron chi connectivity index (χ0n) is 11.0. The van der Waals surface area contributed by atoms with E-state index in [4.69, 9.17) is 10.5 Å². The molecule has 2 N–H and O–H groups in total. The fraction of sp³-hybridized carbons (Fsp3) is 1.00. The average molecular weight is 216 g/mol. The van der Waals surface area contributed by atoms with E-state index in [1.54, 1.807) is 7.11 Å². The molecule has 2 atom stereocenters. The molecule has 0 heterocycles. The third kappa shape index (κ3) is 4.49. The molecule has 15 heavy (non-hydrogen) atoms. The number of hydrogen-bond donors (Lipinski definition) is 1. The van der Waals surface area contributed by atoms with Crippen molar-refractivity contribution in [2.24, 2.45) is 11.7 Å². The Morgan fingerprint density at radius 3 is 2.13 bits per heavy atom. The molecule has 0 saturated heterocycles. The highest BCUT2D eigenvalue weighted by Crippen LogP contribution is 2.16. The Bertz CT molecular complexity index is 149. The van der Waals surface area contributed by atoms with E-state index in [1.165, 1.54) is 12.8 Å². The van der Waals surface area contributed by atoms with Crippen LogP contribution >= 0.6 is 0 Å². The SMILES string of the molecule is CCC(CC)N(C)C(CN)C(C)COC. The Morgan fingerprint density at radius 1 is 1.27 bits per heavy atom. The van der Waals surface area contributed by atoms with Gasteiger partial charge in [-0.3, -0.25) is 4.90 Å². The summed E-state index contributed by atoms with van der Waals surface area (Å²) >= 11 is 0. The molecule has 0 aliphatic rings. The van der Waals surface area contributed by atoms with Crippen molar-refractivity contribution in [1.29, 1.82) is 0 Å². The van der Waals surface area contributed by atoms with E-state index in [-0.39, 0.29) is 0 Å². The predicted octanol–water partition coefficient (Wildman–Crippen LogP) is 1.72. The number of hydrogen-bond acceptors (Lipinski definition) is 3. The zero-order chi connectivity index (χ0) is 11.8. The van der Waals surface area contributed by atoms with Crippen LogP contribution in [0.15, 0.2) is 0 Å². The second-order valence-corrected chi connectivity index (χ2v) is 4.37. The molecular weight excluding hydrogens is 188 g/mol. The van der Waals surface area contributed by atoms with Crippen LogP contribution in [0.1, 0.15) is 33.6 Å². The largest absolute Gasteiger partial charge is 0.384 e. The Hall–Kier alpha value is -0.120. The Kier molecular flexibility index (Phi) is 8.02. The number of nitrogens with two attached hydrogens (primary N) is 1. The molecule has 0 saturated carbocycles. The normalized spacial score (nSPS) is 16.0. The summed E-state index contributed by atoms with van der Waals surface area (Å²) in [6.07, 6.45) is 2.37. The van der Waals surface area contributed by atoms with Crippen LogP contribution in [0.2, 0.25) is 0 Å². The molecule has 3 heteroatoms. The minimum absolute atomic E-state index is 0.426. The van der Waals surface area contributed by atoms with Crippen molar-refractivity contribution in [3.8, 4) is 0 Å². The molecule has 0 aromatic rings. The van der Waals surface area contributed by atoms with Gasteiger partial charge in [0.1, 0.15) is 0 Å². The first-order valence-corrected chi connectivity index (χ1v) is 6.03. The maximum Gasteiger partial charge on any atom is 0.0503 e. The van der Waals surface area contributed by atoms with E-state index in [0.717, 1.165) is 6.61 Å². The summed E-state index contributed by atoms with van der Waals surface area (Å²) in [5.41, 5.74) is 5.85. The summed E-state index contributed by atoms with van der Waals surface area (Å²) in [6, 6.07) is 1.06. The monoisotopic (exact) mass is 216 g/mol. The predicted molar refractivity (Wildman–Crippen MR) is 66.0 cm³/mol. The summed E-state index contributed by atoms with van der Waals surface area (Å²) in [6.45, 7) is 8.17. The van der Waals surface area contributed by atoms with Crippen LogP contribution in [-0.4, -0.2) is 44.3 Å². The first-order valence-electron chi connectivity index (χ1n) is 6.03. The van der Waals surface area contributed by atoms with Crippen LogP contribution in [0.25, 0.3) is 0 Å². The van der Waals surface area contributed by atoms with Crippen LogP contribution in [0.4, 0.5) is 0 Å². The summed E-state index contributed by atoms with van der Waals surface area (Å²) in [5, 5.41) is 0. The molecule has 0 aliphatic heterocycles. The van der Waals surface area contributed by atoms with E-state index in [1.807, 2.05) is 0 Å². The molecule has 0 bridgehead atoms. The van der Waals surface area contributed by atoms with Crippen molar-refractivity contribution in [2.45, 2.75) is 45.7 Å². The average Bonchev–Trinajstić information content (AvgIpc) is 2.21.